The lowest BCUT2D eigenvalue weighted by Gasteiger charge is -2.57. The van der Waals surface area contributed by atoms with Gasteiger partial charge in [0.1, 0.15) is 11.5 Å². The van der Waals surface area contributed by atoms with E-state index in [1.54, 1.807) is 13.3 Å². The van der Waals surface area contributed by atoms with E-state index in [1.165, 1.54) is 38.5 Å². The van der Waals surface area contributed by atoms with Crippen LogP contribution in [0.4, 0.5) is 4.79 Å². The zero-order chi connectivity index (χ0) is 27.0. The van der Waals surface area contributed by atoms with Crippen molar-refractivity contribution >= 4 is 18.0 Å². The van der Waals surface area contributed by atoms with Crippen molar-refractivity contribution in [1.82, 2.24) is 15.1 Å². The molecule has 1 saturated heterocycles. The van der Waals surface area contributed by atoms with Crippen molar-refractivity contribution in [2.45, 2.75) is 62.8 Å². The highest BCUT2D eigenvalue weighted by molar-refractivity contribution is 6.14. The number of nitrogens with one attached hydrogen (secondary N) is 1. The molecule has 1 atom stereocenters. The molecule has 8 nitrogen and oxygen atoms in total. The molecule has 210 valence electrons. The minimum Gasteiger partial charge on any atom is -0.511 e. The van der Waals surface area contributed by atoms with Gasteiger partial charge in [-0.25, -0.2) is 4.79 Å². The molecule has 1 aromatic rings. The smallest absolute Gasteiger partial charge is 0.317 e. The van der Waals surface area contributed by atoms with Gasteiger partial charge in [0.25, 0.3) is 0 Å². The van der Waals surface area contributed by atoms with Crippen molar-refractivity contribution < 1.29 is 19.4 Å². The number of urea groups is 1. The van der Waals surface area contributed by atoms with Crippen molar-refractivity contribution in [2.75, 3.05) is 46.4 Å². The fraction of sp³-hybridized carbons (Fsp3) is 0.645. The Bertz CT molecular complexity index is 1100. The molecule has 6 aliphatic rings. The van der Waals surface area contributed by atoms with Gasteiger partial charge in [-0.15, -0.1) is 0 Å². The lowest BCUT2D eigenvalue weighted by Crippen LogP contribution is -2.63. The van der Waals surface area contributed by atoms with Crippen LogP contribution in [0.3, 0.4) is 0 Å². The Hall–Kier alpha value is -2.87. The SMILES string of the molecule is COc1ccc(C2CC(=O)C(C=NCCN3CCN(C(=O)NC45CC6CC(CC(C6)C4)C5)CC3)=C(O)C2)cc1. The number of hydrogen-bond donors (Lipinski definition) is 2. The molecule has 39 heavy (non-hydrogen) atoms. The number of hydrogen-bond acceptors (Lipinski definition) is 6. The van der Waals surface area contributed by atoms with E-state index in [1.807, 2.05) is 29.2 Å². The quantitative estimate of drug-likeness (QED) is 0.508. The average molecular weight is 535 g/mol. The van der Waals surface area contributed by atoms with Crippen LogP contribution in [0.5, 0.6) is 5.75 Å². The zero-order valence-corrected chi connectivity index (χ0v) is 23.1. The number of amides is 2. The van der Waals surface area contributed by atoms with Crippen LogP contribution in [0.2, 0.25) is 0 Å². The minimum absolute atomic E-state index is 0.0306. The van der Waals surface area contributed by atoms with E-state index in [2.05, 4.69) is 15.2 Å². The number of aliphatic hydroxyl groups is 1. The van der Waals surface area contributed by atoms with E-state index in [4.69, 9.17) is 4.74 Å². The highest BCUT2D eigenvalue weighted by Crippen LogP contribution is 2.55. The fourth-order valence-corrected chi connectivity index (χ4v) is 8.27. The predicted octanol–water partition coefficient (Wildman–Crippen LogP) is 4.32. The molecule has 2 amide bonds. The predicted molar refractivity (Wildman–Crippen MR) is 150 cm³/mol. The van der Waals surface area contributed by atoms with E-state index >= 15 is 0 Å². The minimum atomic E-state index is -0.0676. The molecule has 8 heteroatoms. The number of methoxy groups -OCH3 is 1. The maximum atomic E-state index is 13.1. The monoisotopic (exact) mass is 534 g/mol. The van der Waals surface area contributed by atoms with E-state index in [-0.39, 0.29) is 29.0 Å². The summed E-state index contributed by atoms with van der Waals surface area (Å²) >= 11 is 0. The molecule has 4 bridgehead atoms. The summed E-state index contributed by atoms with van der Waals surface area (Å²) in [6.07, 6.45) is 10.0. The third-order valence-electron chi connectivity index (χ3n) is 9.91. The molecule has 5 fully saturated rings. The first-order chi connectivity index (χ1) is 18.9. The lowest BCUT2D eigenvalue weighted by molar-refractivity contribution is -0.116. The summed E-state index contributed by atoms with van der Waals surface area (Å²) in [5, 5.41) is 14.1. The molecular formula is C31H42N4O4. The van der Waals surface area contributed by atoms with E-state index in [0.717, 1.165) is 61.8 Å². The molecule has 1 aromatic carbocycles. The standard InChI is InChI=1S/C31H42N4O4/c1-39-26-4-2-24(3-5-26)25-15-28(36)27(29(37)16-25)20-32-6-7-34-8-10-35(11-9-34)30(38)33-31-17-21-12-22(18-31)14-23(13-21)19-31/h2-5,20-23,25,36H,6-19H2,1H3,(H,33,38). The third-order valence-corrected chi connectivity index (χ3v) is 9.91. The molecule has 4 saturated carbocycles. The lowest BCUT2D eigenvalue weighted by atomic mass is 9.53. The van der Waals surface area contributed by atoms with Gasteiger partial charge in [0.2, 0.25) is 0 Å². The van der Waals surface area contributed by atoms with Gasteiger partial charge in [-0.1, -0.05) is 12.1 Å². The van der Waals surface area contributed by atoms with E-state index in [0.29, 0.717) is 25.0 Å². The topological polar surface area (TPSA) is 94.5 Å². The highest BCUT2D eigenvalue weighted by atomic mass is 16.5. The van der Waals surface area contributed by atoms with Crippen LogP contribution in [0.15, 0.2) is 40.6 Å². The number of carbonyl (C=O) groups is 2. The third kappa shape index (κ3) is 5.72. The van der Waals surface area contributed by atoms with Gasteiger partial charge in [-0.2, -0.15) is 0 Å². The van der Waals surface area contributed by atoms with Crippen molar-refractivity contribution in [1.29, 1.82) is 0 Å². The second-order valence-electron chi connectivity index (χ2n) is 12.7. The maximum Gasteiger partial charge on any atom is 0.317 e. The number of ether oxygens (including phenoxy) is 1. The number of Topliss-reactive ketones (excluding diaryl/α,β-unsaturated/α-hetero) is 1. The summed E-state index contributed by atoms with van der Waals surface area (Å²) in [6.45, 7) is 4.47. The molecule has 7 rings (SSSR count). The van der Waals surface area contributed by atoms with Gasteiger partial charge >= 0.3 is 6.03 Å². The van der Waals surface area contributed by atoms with E-state index in [9.17, 15) is 14.7 Å². The van der Waals surface area contributed by atoms with Gasteiger partial charge < -0.3 is 20.1 Å². The maximum absolute atomic E-state index is 13.1. The largest absolute Gasteiger partial charge is 0.511 e. The zero-order valence-electron chi connectivity index (χ0n) is 23.1. The highest BCUT2D eigenvalue weighted by Gasteiger charge is 2.51. The Morgan fingerprint density at radius 2 is 1.69 bits per heavy atom. The van der Waals surface area contributed by atoms with Gasteiger partial charge in [-0.05, 0) is 79.9 Å². The Balaban J connectivity index is 0.943. The first kappa shape index (κ1) is 26.4. The van der Waals surface area contributed by atoms with Crippen molar-refractivity contribution in [3.63, 3.8) is 0 Å². The second kappa shape index (κ2) is 11.0. The summed E-state index contributed by atoms with van der Waals surface area (Å²) in [6, 6.07) is 7.80. The summed E-state index contributed by atoms with van der Waals surface area (Å²) < 4.78 is 5.21. The first-order valence-electron chi connectivity index (χ1n) is 14.8. The normalized spacial score (nSPS) is 32.7. The van der Waals surface area contributed by atoms with Crippen LogP contribution in [0.1, 0.15) is 62.8 Å². The van der Waals surface area contributed by atoms with Crippen molar-refractivity contribution in [3.05, 3.63) is 41.2 Å². The fourth-order valence-electron chi connectivity index (χ4n) is 8.27. The molecule has 1 aliphatic heterocycles. The summed E-state index contributed by atoms with van der Waals surface area (Å²) in [4.78, 5) is 34.7. The van der Waals surface area contributed by atoms with Crippen LogP contribution in [0, 0.1) is 17.8 Å². The van der Waals surface area contributed by atoms with E-state index < -0.39 is 0 Å². The number of allylic oxidation sites excluding steroid dienone is 2. The summed E-state index contributed by atoms with van der Waals surface area (Å²) in [5.74, 6) is 3.27. The first-order valence-corrected chi connectivity index (χ1v) is 14.8. The number of aliphatic hydroxyl groups excluding tert-OH is 1. The van der Waals surface area contributed by atoms with Crippen LogP contribution >= 0.6 is 0 Å². The van der Waals surface area contributed by atoms with Crippen LogP contribution in [-0.2, 0) is 4.79 Å². The number of nitrogens with zero attached hydrogens (tertiary/aromatic N) is 3. The number of piperazine rings is 1. The van der Waals surface area contributed by atoms with Crippen LogP contribution in [-0.4, -0.2) is 84.9 Å². The number of benzene rings is 1. The average Bonchev–Trinajstić information content (AvgIpc) is 2.91. The molecule has 1 heterocycles. The number of aliphatic imine (C=N–C) groups is 1. The van der Waals surface area contributed by atoms with Gasteiger partial charge in [0, 0.05) is 57.3 Å². The molecular weight excluding hydrogens is 492 g/mol. The molecule has 1 unspecified atom stereocenters. The van der Waals surface area contributed by atoms with Gasteiger partial charge in [0.15, 0.2) is 5.78 Å². The van der Waals surface area contributed by atoms with Gasteiger partial charge in [-0.3, -0.25) is 14.7 Å². The van der Waals surface area contributed by atoms with Gasteiger partial charge in [0.05, 0.1) is 19.2 Å². The molecule has 0 spiro atoms. The van der Waals surface area contributed by atoms with Crippen molar-refractivity contribution in [2.24, 2.45) is 22.7 Å². The Kier molecular flexibility index (Phi) is 7.40. The Morgan fingerprint density at radius 3 is 2.28 bits per heavy atom. The summed E-state index contributed by atoms with van der Waals surface area (Å²) in [7, 11) is 1.63. The van der Waals surface area contributed by atoms with Crippen LogP contribution in [0.25, 0.3) is 0 Å². The molecule has 0 radical (unpaired) electrons. The second-order valence-corrected chi connectivity index (χ2v) is 12.7. The summed E-state index contributed by atoms with van der Waals surface area (Å²) in [5.41, 5.74) is 1.42. The molecule has 5 aliphatic carbocycles. The molecule has 2 N–H and O–H groups in total. The number of rotatable bonds is 7. The number of ketones is 1. The Morgan fingerprint density at radius 1 is 1.05 bits per heavy atom. The Labute approximate surface area is 231 Å². The molecule has 0 aromatic heterocycles. The number of carbonyl (C=O) groups excluding carboxylic acids is 2. The van der Waals surface area contributed by atoms with Crippen LogP contribution < -0.4 is 10.1 Å². The van der Waals surface area contributed by atoms with Crippen molar-refractivity contribution in [3.8, 4) is 5.75 Å².